The first-order valence-corrected chi connectivity index (χ1v) is 6.89. The van der Waals surface area contributed by atoms with E-state index in [0.717, 1.165) is 0 Å². The van der Waals surface area contributed by atoms with Crippen LogP contribution in [-0.4, -0.2) is 34.1 Å². The molecule has 110 valence electrons. The molecule has 0 radical (unpaired) electrons. The Morgan fingerprint density at radius 2 is 2.35 bits per heavy atom. The molecule has 1 heterocycles. The second-order valence-corrected chi connectivity index (χ2v) is 5.89. The Bertz CT molecular complexity index is 523. The van der Waals surface area contributed by atoms with Crippen LogP contribution in [0.15, 0.2) is 12.3 Å². The fourth-order valence-corrected chi connectivity index (χ4v) is 2.57. The quantitative estimate of drug-likeness (QED) is 0.824. The van der Waals surface area contributed by atoms with Gasteiger partial charge in [0.25, 0.3) is 0 Å². The standard InChI is InChI=1S/C13H19ClN4O2/c1-4-20-8-7-13(15,12(8,2)3)10(19)18-11-16-6-5-9(14)17-11/h5-6,8H,4,7,15H2,1-3H3,(H,16,17,18,19). The number of carbonyl (C=O) groups is 1. The zero-order valence-electron chi connectivity index (χ0n) is 11.8. The number of ether oxygens (including phenoxy) is 1. The van der Waals surface area contributed by atoms with E-state index in [1.54, 1.807) is 0 Å². The van der Waals surface area contributed by atoms with Crippen molar-refractivity contribution in [3.05, 3.63) is 17.4 Å². The predicted octanol–water partition coefficient (Wildman–Crippen LogP) is 1.60. The zero-order chi connectivity index (χ0) is 15.0. The number of amides is 1. The molecule has 20 heavy (non-hydrogen) atoms. The van der Waals surface area contributed by atoms with Crippen LogP contribution in [0.25, 0.3) is 0 Å². The molecular weight excluding hydrogens is 280 g/mol. The van der Waals surface area contributed by atoms with Gasteiger partial charge in [0.2, 0.25) is 11.9 Å². The van der Waals surface area contributed by atoms with Crippen LogP contribution in [0.3, 0.4) is 0 Å². The smallest absolute Gasteiger partial charge is 0.247 e. The molecule has 1 saturated carbocycles. The minimum Gasteiger partial charge on any atom is -0.378 e. The Labute approximate surface area is 123 Å². The van der Waals surface area contributed by atoms with Crippen LogP contribution in [-0.2, 0) is 9.53 Å². The molecule has 0 saturated heterocycles. The van der Waals surface area contributed by atoms with Crippen LogP contribution >= 0.6 is 11.6 Å². The Morgan fingerprint density at radius 1 is 1.65 bits per heavy atom. The molecule has 1 amide bonds. The van der Waals surface area contributed by atoms with Gasteiger partial charge in [-0.3, -0.25) is 10.1 Å². The second-order valence-electron chi connectivity index (χ2n) is 5.50. The van der Waals surface area contributed by atoms with E-state index in [2.05, 4.69) is 15.3 Å². The maximum atomic E-state index is 12.4. The number of nitrogens with one attached hydrogen (secondary N) is 1. The summed E-state index contributed by atoms with van der Waals surface area (Å²) in [5.41, 5.74) is 4.80. The van der Waals surface area contributed by atoms with Gasteiger partial charge in [0.05, 0.1) is 6.10 Å². The summed E-state index contributed by atoms with van der Waals surface area (Å²) in [6, 6.07) is 1.54. The van der Waals surface area contributed by atoms with Crippen LogP contribution in [0.4, 0.5) is 5.95 Å². The number of halogens is 1. The summed E-state index contributed by atoms with van der Waals surface area (Å²) >= 11 is 5.76. The monoisotopic (exact) mass is 298 g/mol. The van der Waals surface area contributed by atoms with Gasteiger partial charge in [0, 0.05) is 24.6 Å². The number of anilines is 1. The molecule has 0 aliphatic heterocycles. The van der Waals surface area contributed by atoms with Crippen molar-refractivity contribution in [3.63, 3.8) is 0 Å². The maximum Gasteiger partial charge on any atom is 0.247 e. The van der Waals surface area contributed by atoms with Crippen molar-refractivity contribution in [2.45, 2.75) is 38.8 Å². The third kappa shape index (κ3) is 2.39. The minimum absolute atomic E-state index is 0.0245. The van der Waals surface area contributed by atoms with Crippen molar-refractivity contribution in [2.24, 2.45) is 11.1 Å². The second kappa shape index (κ2) is 5.27. The minimum atomic E-state index is -1.00. The van der Waals surface area contributed by atoms with Crippen molar-refractivity contribution in [2.75, 3.05) is 11.9 Å². The van der Waals surface area contributed by atoms with Crippen molar-refractivity contribution < 1.29 is 9.53 Å². The van der Waals surface area contributed by atoms with E-state index in [1.165, 1.54) is 12.3 Å². The first kappa shape index (κ1) is 15.2. The third-order valence-electron chi connectivity index (χ3n) is 4.08. The molecule has 1 aromatic rings. The van der Waals surface area contributed by atoms with Crippen LogP contribution in [0.2, 0.25) is 5.15 Å². The predicted molar refractivity (Wildman–Crippen MR) is 76.4 cm³/mol. The molecule has 3 N–H and O–H groups in total. The lowest BCUT2D eigenvalue weighted by Crippen LogP contribution is -2.74. The van der Waals surface area contributed by atoms with Gasteiger partial charge in [-0.15, -0.1) is 0 Å². The fourth-order valence-electron chi connectivity index (χ4n) is 2.43. The Hall–Kier alpha value is -1.24. The van der Waals surface area contributed by atoms with E-state index in [-0.39, 0.29) is 23.1 Å². The summed E-state index contributed by atoms with van der Waals surface area (Å²) in [5, 5.41) is 2.88. The summed E-state index contributed by atoms with van der Waals surface area (Å²) in [6.45, 7) is 6.38. The van der Waals surface area contributed by atoms with E-state index in [0.29, 0.717) is 13.0 Å². The lowest BCUT2D eigenvalue weighted by molar-refractivity contribution is -0.166. The lowest BCUT2D eigenvalue weighted by atomic mass is 9.54. The molecule has 1 aliphatic rings. The fraction of sp³-hybridized carbons (Fsp3) is 0.615. The number of nitrogens with zero attached hydrogens (tertiary/aromatic N) is 2. The van der Waals surface area contributed by atoms with E-state index in [9.17, 15) is 4.79 Å². The van der Waals surface area contributed by atoms with Gasteiger partial charge in [0.15, 0.2) is 0 Å². The molecule has 6 nitrogen and oxygen atoms in total. The van der Waals surface area contributed by atoms with Gasteiger partial charge in [0.1, 0.15) is 10.7 Å². The average Bonchev–Trinajstić information content (AvgIpc) is 2.38. The summed E-state index contributed by atoms with van der Waals surface area (Å²) in [7, 11) is 0. The molecule has 1 aromatic heterocycles. The molecular formula is C13H19ClN4O2. The summed E-state index contributed by atoms with van der Waals surface area (Å²) in [5.74, 6) is -0.163. The van der Waals surface area contributed by atoms with Crippen molar-refractivity contribution in [1.82, 2.24) is 9.97 Å². The third-order valence-corrected chi connectivity index (χ3v) is 4.29. The topological polar surface area (TPSA) is 90.1 Å². The van der Waals surface area contributed by atoms with Gasteiger partial charge in [-0.25, -0.2) is 9.97 Å². The first-order valence-electron chi connectivity index (χ1n) is 6.51. The van der Waals surface area contributed by atoms with Crippen LogP contribution in [0.5, 0.6) is 0 Å². The van der Waals surface area contributed by atoms with E-state index >= 15 is 0 Å². The first-order chi connectivity index (χ1) is 9.31. The highest BCUT2D eigenvalue weighted by molar-refractivity contribution is 6.29. The normalized spacial score (nSPS) is 27.8. The summed E-state index contributed by atoms with van der Waals surface area (Å²) in [6.07, 6.45) is 1.92. The summed E-state index contributed by atoms with van der Waals surface area (Å²) < 4.78 is 5.60. The van der Waals surface area contributed by atoms with Gasteiger partial charge >= 0.3 is 0 Å². The van der Waals surface area contributed by atoms with Crippen molar-refractivity contribution >= 4 is 23.5 Å². The number of nitrogens with two attached hydrogens (primary N) is 1. The van der Waals surface area contributed by atoms with E-state index in [1.807, 2.05) is 20.8 Å². The largest absolute Gasteiger partial charge is 0.378 e. The highest BCUT2D eigenvalue weighted by Crippen LogP contribution is 2.50. The molecule has 0 aromatic carbocycles. The molecule has 7 heteroatoms. The van der Waals surface area contributed by atoms with Gasteiger partial charge in [-0.2, -0.15) is 0 Å². The van der Waals surface area contributed by atoms with Gasteiger partial charge in [-0.1, -0.05) is 25.4 Å². The molecule has 2 rings (SSSR count). The van der Waals surface area contributed by atoms with Gasteiger partial charge in [-0.05, 0) is 13.0 Å². The molecule has 2 unspecified atom stereocenters. The Morgan fingerprint density at radius 3 is 2.90 bits per heavy atom. The van der Waals surface area contributed by atoms with Gasteiger partial charge < -0.3 is 10.5 Å². The highest BCUT2D eigenvalue weighted by atomic mass is 35.5. The Kier molecular flexibility index (Phi) is 4.00. The van der Waals surface area contributed by atoms with E-state index < -0.39 is 11.0 Å². The number of rotatable bonds is 4. The van der Waals surface area contributed by atoms with Crippen molar-refractivity contribution in [1.29, 1.82) is 0 Å². The average molecular weight is 299 g/mol. The maximum absolute atomic E-state index is 12.4. The summed E-state index contributed by atoms with van der Waals surface area (Å²) in [4.78, 5) is 20.2. The van der Waals surface area contributed by atoms with Crippen LogP contribution in [0.1, 0.15) is 27.2 Å². The highest BCUT2D eigenvalue weighted by Gasteiger charge is 2.63. The SMILES string of the molecule is CCOC1CC(N)(C(=O)Nc2nccc(Cl)n2)C1(C)C. The van der Waals surface area contributed by atoms with Crippen LogP contribution in [0, 0.1) is 5.41 Å². The molecule has 2 atom stereocenters. The Balaban J connectivity index is 2.10. The molecule has 0 spiro atoms. The van der Waals surface area contributed by atoms with Crippen molar-refractivity contribution in [3.8, 4) is 0 Å². The zero-order valence-corrected chi connectivity index (χ0v) is 12.6. The van der Waals surface area contributed by atoms with Crippen LogP contribution < -0.4 is 11.1 Å². The lowest BCUT2D eigenvalue weighted by Gasteiger charge is -2.57. The number of hydrogen-bond acceptors (Lipinski definition) is 5. The molecule has 0 bridgehead atoms. The molecule has 1 fully saturated rings. The number of aromatic nitrogens is 2. The molecule has 1 aliphatic carbocycles. The van der Waals surface area contributed by atoms with E-state index in [4.69, 9.17) is 22.1 Å². The number of carbonyl (C=O) groups excluding carboxylic acids is 1. The number of hydrogen-bond donors (Lipinski definition) is 2.